The minimum Gasteiger partial charge on any atom is -0.343 e. The first-order valence-corrected chi connectivity index (χ1v) is 9.63. The molecule has 2 aromatic heterocycles. The van der Waals surface area contributed by atoms with E-state index in [-0.39, 0.29) is 24.9 Å². The van der Waals surface area contributed by atoms with Crippen molar-refractivity contribution in [2.45, 2.75) is 32.4 Å². The Balaban J connectivity index is 1.54. The Morgan fingerprint density at radius 3 is 2.57 bits per heavy atom. The smallest absolute Gasteiger partial charge is 0.270 e. The Hall–Kier alpha value is -3.22. The van der Waals surface area contributed by atoms with Gasteiger partial charge in [0.25, 0.3) is 5.91 Å². The van der Waals surface area contributed by atoms with Gasteiger partial charge in [-0.25, -0.2) is 4.98 Å². The van der Waals surface area contributed by atoms with Crippen LogP contribution in [0.3, 0.4) is 0 Å². The molecule has 2 amide bonds. The molecule has 0 atom stereocenters. The van der Waals surface area contributed by atoms with Gasteiger partial charge in [-0.1, -0.05) is 18.2 Å². The van der Waals surface area contributed by atoms with Crippen molar-refractivity contribution >= 4 is 22.8 Å². The number of rotatable bonds is 5. The summed E-state index contributed by atoms with van der Waals surface area (Å²) < 4.78 is 1.91. The molecule has 1 aliphatic rings. The van der Waals surface area contributed by atoms with Crippen LogP contribution in [-0.4, -0.2) is 44.3 Å². The number of benzene rings is 1. The highest BCUT2D eigenvalue weighted by Crippen LogP contribution is 2.17. The topological polar surface area (TPSA) is 80.1 Å². The normalized spacial score (nSPS) is 14.2. The quantitative estimate of drug-likeness (QED) is 0.740. The summed E-state index contributed by atoms with van der Waals surface area (Å²) in [6.07, 6.45) is 4.89. The number of likely N-dealkylation sites (tertiary alicyclic amines) is 1. The summed E-state index contributed by atoms with van der Waals surface area (Å²) in [4.78, 5) is 35.8. The minimum absolute atomic E-state index is 0.0974. The Morgan fingerprint density at radius 1 is 1.00 bits per heavy atom. The number of imidazole rings is 1. The van der Waals surface area contributed by atoms with E-state index in [9.17, 15) is 9.59 Å². The van der Waals surface area contributed by atoms with E-state index in [4.69, 9.17) is 0 Å². The molecule has 28 heavy (non-hydrogen) atoms. The van der Waals surface area contributed by atoms with E-state index in [1.54, 1.807) is 24.4 Å². The van der Waals surface area contributed by atoms with Gasteiger partial charge in [-0.15, -0.1) is 0 Å². The van der Waals surface area contributed by atoms with E-state index in [1.807, 2.05) is 33.7 Å². The van der Waals surface area contributed by atoms with Crippen LogP contribution in [0.2, 0.25) is 0 Å². The van der Waals surface area contributed by atoms with Gasteiger partial charge in [-0.05, 0) is 43.5 Å². The monoisotopic (exact) mass is 377 g/mol. The highest BCUT2D eigenvalue weighted by molar-refractivity contribution is 5.92. The number of hydrogen-bond donors (Lipinski definition) is 1. The molecule has 1 N–H and O–H groups in total. The van der Waals surface area contributed by atoms with Crippen LogP contribution in [0.15, 0.2) is 48.7 Å². The van der Waals surface area contributed by atoms with Crippen molar-refractivity contribution in [3.05, 3.63) is 60.2 Å². The predicted molar refractivity (Wildman–Crippen MR) is 106 cm³/mol. The van der Waals surface area contributed by atoms with Crippen molar-refractivity contribution in [3.63, 3.8) is 0 Å². The second kappa shape index (κ2) is 8.21. The van der Waals surface area contributed by atoms with Crippen LogP contribution in [0.25, 0.3) is 11.0 Å². The molecule has 144 valence electrons. The molecular formula is C21H23N5O2. The highest BCUT2D eigenvalue weighted by atomic mass is 16.2. The van der Waals surface area contributed by atoms with Gasteiger partial charge in [0.1, 0.15) is 18.1 Å². The van der Waals surface area contributed by atoms with Gasteiger partial charge in [0.2, 0.25) is 5.91 Å². The third-order valence-electron chi connectivity index (χ3n) is 5.04. The van der Waals surface area contributed by atoms with Gasteiger partial charge in [0, 0.05) is 19.3 Å². The van der Waals surface area contributed by atoms with E-state index >= 15 is 0 Å². The lowest BCUT2D eigenvalue weighted by atomic mass is 10.1. The Labute approximate surface area is 163 Å². The van der Waals surface area contributed by atoms with Crippen LogP contribution in [0, 0.1) is 0 Å². The molecule has 1 fully saturated rings. The van der Waals surface area contributed by atoms with E-state index in [0.717, 1.165) is 37.0 Å². The summed E-state index contributed by atoms with van der Waals surface area (Å²) in [5, 5.41) is 2.86. The third kappa shape index (κ3) is 3.88. The number of aromatic nitrogens is 3. The van der Waals surface area contributed by atoms with Crippen molar-refractivity contribution in [2.75, 3.05) is 13.1 Å². The number of nitrogens with one attached hydrogen (secondary N) is 1. The number of nitrogens with zero attached hydrogens (tertiary/aromatic N) is 4. The lowest BCUT2D eigenvalue weighted by Gasteiger charge is -2.27. The predicted octanol–water partition coefficient (Wildman–Crippen LogP) is 2.37. The lowest BCUT2D eigenvalue weighted by Crippen LogP contribution is -2.38. The van der Waals surface area contributed by atoms with E-state index in [2.05, 4.69) is 15.3 Å². The largest absolute Gasteiger partial charge is 0.343 e. The molecule has 0 saturated carbocycles. The van der Waals surface area contributed by atoms with Crippen LogP contribution in [0.5, 0.6) is 0 Å². The van der Waals surface area contributed by atoms with E-state index < -0.39 is 0 Å². The Kier molecular flexibility index (Phi) is 5.32. The molecule has 0 spiro atoms. The van der Waals surface area contributed by atoms with E-state index in [0.29, 0.717) is 11.5 Å². The summed E-state index contributed by atoms with van der Waals surface area (Å²) in [5.41, 5.74) is 2.07. The molecule has 1 aromatic carbocycles. The number of pyridine rings is 1. The zero-order valence-corrected chi connectivity index (χ0v) is 15.7. The number of piperidine rings is 1. The second-order valence-electron chi connectivity index (χ2n) is 6.94. The fourth-order valence-corrected chi connectivity index (χ4v) is 3.56. The zero-order chi connectivity index (χ0) is 19.3. The number of para-hydroxylation sites is 2. The molecule has 3 aromatic rings. The zero-order valence-electron chi connectivity index (χ0n) is 15.7. The van der Waals surface area contributed by atoms with Crippen LogP contribution in [0.1, 0.15) is 35.6 Å². The van der Waals surface area contributed by atoms with Gasteiger partial charge >= 0.3 is 0 Å². The molecule has 0 unspecified atom stereocenters. The first-order chi connectivity index (χ1) is 13.7. The molecule has 1 aliphatic heterocycles. The van der Waals surface area contributed by atoms with Gasteiger partial charge in [-0.3, -0.25) is 14.6 Å². The van der Waals surface area contributed by atoms with Crippen LogP contribution in [-0.2, 0) is 17.9 Å². The summed E-state index contributed by atoms with van der Waals surface area (Å²) in [6.45, 7) is 2.10. The molecule has 4 rings (SSSR count). The molecule has 1 saturated heterocycles. The summed E-state index contributed by atoms with van der Waals surface area (Å²) in [5.74, 6) is 0.498. The first kappa shape index (κ1) is 18.2. The van der Waals surface area contributed by atoms with Gasteiger partial charge < -0.3 is 14.8 Å². The molecule has 0 radical (unpaired) electrons. The molecule has 0 aliphatic carbocycles. The molecule has 0 bridgehead atoms. The summed E-state index contributed by atoms with van der Waals surface area (Å²) >= 11 is 0. The maximum atomic E-state index is 12.8. The highest BCUT2D eigenvalue weighted by Gasteiger charge is 2.20. The maximum Gasteiger partial charge on any atom is 0.270 e. The Bertz CT molecular complexity index is 977. The maximum absolute atomic E-state index is 12.8. The van der Waals surface area contributed by atoms with Gasteiger partial charge in [-0.2, -0.15) is 0 Å². The number of carbonyl (C=O) groups is 2. The van der Waals surface area contributed by atoms with Gasteiger partial charge in [0.05, 0.1) is 17.6 Å². The fourth-order valence-electron chi connectivity index (χ4n) is 3.56. The number of amides is 2. The SMILES string of the molecule is O=C(NCc1nc2ccccc2n1CC(=O)N1CCCCC1)c1ccccn1. The molecular weight excluding hydrogens is 354 g/mol. The second-order valence-corrected chi connectivity index (χ2v) is 6.94. The number of hydrogen-bond acceptors (Lipinski definition) is 4. The minimum atomic E-state index is -0.262. The number of fused-ring (bicyclic) bond motifs is 1. The van der Waals surface area contributed by atoms with E-state index in [1.165, 1.54) is 6.42 Å². The number of carbonyl (C=O) groups excluding carboxylic acids is 2. The van der Waals surface area contributed by atoms with Crippen molar-refractivity contribution in [3.8, 4) is 0 Å². The first-order valence-electron chi connectivity index (χ1n) is 9.63. The van der Waals surface area contributed by atoms with Crippen molar-refractivity contribution < 1.29 is 9.59 Å². The lowest BCUT2D eigenvalue weighted by molar-refractivity contribution is -0.132. The molecule has 7 heteroatoms. The van der Waals surface area contributed by atoms with Crippen molar-refractivity contribution in [2.24, 2.45) is 0 Å². The Morgan fingerprint density at radius 2 is 1.79 bits per heavy atom. The average Bonchev–Trinajstić information content (AvgIpc) is 3.10. The summed E-state index contributed by atoms with van der Waals surface area (Å²) in [7, 11) is 0. The summed E-state index contributed by atoms with van der Waals surface area (Å²) in [6, 6.07) is 12.9. The third-order valence-corrected chi connectivity index (χ3v) is 5.04. The standard InChI is InChI=1S/C21H23N5O2/c27-20(25-12-6-1-7-13-25)15-26-18-10-3-2-8-16(18)24-19(26)14-23-21(28)17-9-4-5-11-22-17/h2-5,8-11H,1,6-7,12-15H2,(H,23,28). The molecule has 3 heterocycles. The van der Waals surface area contributed by atoms with Crippen molar-refractivity contribution in [1.82, 2.24) is 24.8 Å². The molecule has 7 nitrogen and oxygen atoms in total. The van der Waals surface area contributed by atoms with Crippen molar-refractivity contribution in [1.29, 1.82) is 0 Å². The van der Waals surface area contributed by atoms with Crippen LogP contribution >= 0.6 is 0 Å². The fraction of sp³-hybridized carbons (Fsp3) is 0.333. The van der Waals surface area contributed by atoms with Gasteiger partial charge in [0.15, 0.2) is 0 Å². The van der Waals surface area contributed by atoms with Crippen LogP contribution < -0.4 is 5.32 Å². The average molecular weight is 377 g/mol. The van der Waals surface area contributed by atoms with Crippen LogP contribution in [0.4, 0.5) is 0 Å².